The van der Waals surface area contributed by atoms with Crippen molar-refractivity contribution in [2.45, 2.75) is 6.42 Å². The maximum Gasteiger partial charge on any atom is 0.335 e. The standard InChI is InChI=1S/C11H14ClN3O5S/c12-8-3-2-7(10(16)17)6-9(8)15-11(18)14-4-1-5-21(13,19)20/h2-3,6H,1,4-5H2,(H,16,17)(H2,13,19,20)(H2,14,15,18). The highest BCUT2D eigenvalue weighted by molar-refractivity contribution is 7.89. The zero-order valence-corrected chi connectivity index (χ0v) is 12.4. The molecule has 1 aromatic rings. The monoisotopic (exact) mass is 335 g/mol. The van der Waals surface area contributed by atoms with Gasteiger partial charge in [0.1, 0.15) is 0 Å². The number of urea groups is 1. The summed E-state index contributed by atoms with van der Waals surface area (Å²) >= 11 is 5.83. The quantitative estimate of drug-likeness (QED) is 0.570. The molecule has 0 spiro atoms. The summed E-state index contributed by atoms with van der Waals surface area (Å²) in [6, 6.07) is 3.24. The number of anilines is 1. The van der Waals surface area contributed by atoms with Gasteiger partial charge in [-0.1, -0.05) is 11.6 Å². The van der Waals surface area contributed by atoms with E-state index in [0.29, 0.717) is 0 Å². The zero-order chi connectivity index (χ0) is 16.0. The molecule has 0 atom stereocenters. The molecule has 0 aliphatic carbocycles. The van der Waals surface area contributed by atoms with Gasteiger partial charge in [-0.05, 0) is 24.6 Å². The van der Waals surface area contributed by atoms with Crippen molar-refractivity contribution in [3.63, 3.8) is 0 Å². The smallest absolute Gasteiger partial charge is 0.335 e. The van der Waals surface area contributed by atoms with Crippen LogP contribution in [0.4, 0.5) is 10.5 Å². The number of carbonyl (C=O) groups is 2. The zero-order valence-electron chi connectivity index (χ0n) is 10.8. The second kappa shape index (κ2) is 7.25. The first kappa shape index (κ1) is 17.2. The van der Waals surface area contributed by atoms with Crippen LogP contribution in [0.5, 0.6) is 0 Å². The predicted molar refractivity (Wildman–Crippen MR) is 78.0 cm³/mol. The van der Waals surface area contributed by atoms with Crippen LogP contribution in [-0.2, 0) is 10.0 Å². The Labute approximate surface area is 126 Å². The van der Waals surface area contributed by atoms with Gasteiger partial charge in [-0.25, -0.2) is 23.1 Å². The fourth-order valence-electron chi connectivity index (χ4n) is 1.40. The molecule has 1 aromatic carbocycles. The third-order valence-corrected chi connectivity index (χ3v) is 3.54. The second-order valence-corrected chi connectivity index (χ2v) is 6.24. The molecule has 0 aliphatic rings. The number of benzene rings is 1. The van der Waals surface area contributed by atoms with Gasteiger partial charge in [-0.3, -0.25) is 0 Å². The molecule has 0 aliphatic heterocycles. The van der Waals surface area contributed by atoms with Gasteiger partial charge in [-0.2, -0.15) is 0 Å². The minimum absolute atomic E-state index is 0.0241. The van der Waals surface area contributed by atoms with E-state index < -0.39 is 22.0 Å². The van der Waals surface area contributed by atoms with Crippen LogP contribution < -0.4 is 15.8 Å². The Balaban J connectivity index is 2.55. The second-order valence-electron chi connectivity index (χ2n) is 4.10. The van der Waals surface area contributed by atoms with Gasteiger partial charge in [0.05, 0.1) is 22.0 Å². The normalized spacial score (nSPS) is 11.0. The van der Waals surface area contributed by atoms with Gasteiger partial charge in [0.15, 0.2) is 0 Å². The molecule has 1 rings (SSSR count). The summed E-state index contributed by atoms with van der Waals surface area (Å²) in [6.45, 7) is 0.0957. The molecule has 116 valence electrons. The highest BCUT2D eigenvalue weighted by Gasteiger charge is 2.10. The topological polar surface area (TPSA) is 139 Å². The molecule has 0 aromatic heterocycles. The summed E-state index contributed by atoms with van der Waals surface area (Å²) < 4.78 is 21.4. The van der Waals surface area contributed by atoms with E-state index in [4.69, 9.17) is 21.8 Å². The molecule has 0 saturated heterocycles. The van der Waals surface area contributed by atoms with E-state index in [-0.39, 0.29) is 35.0 Å². The van der Waals surface area contributed by atoms with Gasteiger partial charge >= 0.3 is 12.0 Å². The predicted octanol–water partition coefficient (Wildman–Crippen LogP) is 0.838. The first-order chi connectivity index (χ1) is 9.69. The number of halogens is 1. The average Bonchev–Trinajstić information content (AvgIpc) is 2.36. The molecule has 0 radical (unpaired) electrons. The number of aromatic carboxylic acids is 1. The summed E-state index contributed by atoms with van der Waals surface area (Å²) in [6.07, 6.45) is 0.162. The number of carboxylic acids is 1. The molecule has 5 N–H and O–H groups in total. The van der Waals surface area contributed by atoms with Crippen LogP contribution in [-0.4, -0.2) is 37.8 Å². The number of carboxylic acid groups (broad SMARTS) is 1. The largest absolute Gasteiger partial charge is 0.478 e. The SMILES string of the molecule is NS(=O)(=O)CCCNC(=O)Nc1cc(C(=O)O)ccc1Cl. The number of hydrogen-bond acceptors (Lipinski definition) is 4. The van der Waals surface area contributed by atoms with E-state index in [2.05, 4.69) is 10.6 Å². The minimum Gasteiger partial charge on any atom is -0.478 e. The Morgan fingerprint density at radius 3 is 2.57 bits per heavy atom. The van der Waals surface area contributed by atoms with Gasteiger partial charge in [0.2, 0.25) is 10.0 Å². The Bertz CT molecular complexity index is 647. The lowest BCUT2D eigenvalue weighted by molar-refractivity contribution is 0.0697. The van der Waals surface area contributed by atoms with Crippen molar-refractivity contribution in [3.05, 3.63) is 28.8 Å². The number of rotatable bonds is 6. The van der Waals surface area contributed by atoms with Crippen molar-refractivity contribution in [3.8, 4) is 0 Å². The number of nitrogens with one attached hydrogen (secondary N) is 2. The molecule has 8 nitrogen and oxygen atoms in total. The van der Waals surface area contributed by atoms with Crippen molar-refractivity contribution in [2.75, 3.05) is 17.6 Å². The Kier molecular flexibility index (Phi) is 5.94. The molecule has 0 unspecified atom stereocenters. The molecule has 0 heterocycles. The van der Waals surface area contributed by atoms with Crippen LogP contribution in [0.15, 0.2) is 18.2 Å². The number of primary sulfonamides is 1. The van der Waals surface area contributed by atoms with Gasteiger partial charge < -0.3 is 15.7 Å². The fraction of sp³-hybridized carbons (Fsp3) is 0.273. The van der Waals surface area contributed by atoms with Crippen molar-refractivity contribution in [2.24, 2.45) is 5.14 Å². The van der Waals surface area contributed by atoms with Crippen molar-refractivity contribution in [1.82, 2.24) is 5.32 Å². The van der Waals surface area contributed by atoms with Gasteiger partial charge in [0.25, 0.3) is 0 Å². The van der Waals surface area contributed by atoms with Crippen molar-refractivity contribution < 1.29 is 23.1 Å². The van der Waals surface area contributed by atoms with E-state index in [0.717, 1.165) is 0 Å². The van der Waals surface area contributed by atoms with E-state index in [9.17, 15) is 18.0 Å². The molecule has 0 saturated carbocycles. The first-order valence-corrected chi connectivity index (χ1v) is 7.86. The molecule has 21 heavy (non-hydrogen) atoms. The average molecular weight is 336 g/mol. The van der Waals surface area contributed by atoms with Crippen LogP contribution in [0.3, 0.4) is 0 Å². The summed E-state index contributed by atoms with van der Waals surface area (Å²) in [5, 5.41) is 18.6. The van der Waals surface area contributed by atoms with Gasteiger partial charge in [0, 0.05) is 6.54 Å². The molecular weight excluding hydrogens is 322 g/mol. The molecule has 0 bridgehead atoms. The summed E-state index contributed by atoms with van der Waals surface area (Å²) in [7, 11) is -3.56. The molecule has 0 fully saturated rings. The lowest BCUT2D eigenvalue weighted by Crippen LogP contribution is -2.31. The third kappa shape index (κ3) is 6.43. The summed E-state index contributed by atoms with van der Waals surface area (Å²) in [5.74, 6) is -1.40. The lowest BCUT2D eigenvalue weighted by Gasteiger charge is -2.09. The fourth-order valence-corrected chi connectivity index (χ4v) is 2.11. The number of sulfonamides is 1. The van der Waals surface area contributed by atoms with Crippen LogP contribution in [0.2, 0.25) is 5.02 Å². The third-order valence-electron chi connectivity index (χ3n) is 2.35. The highest BCUT2D eigenvalue weighted by Crippen LogP contribution is 2.22. The highest BCUT2D eigenvalue weighted by atomic mass is 35.5. The van der Waals surface area contributed by atoms with Crippen molar-refractivity contribution >= 4 is 39.3 Å². The van der Waals surface area contributed by atoms with Crippen LogP contribution in [0.25, 0.3) is 0 Å². The number of nitrogens with two attached hydrogens (primary N) is 1. The Morgan fingerprint density at radius 1 is 1.33 bits per heavy atom. The van der Waals surface area contributed by atoms with Gasteiger partial charge in [-0.15, -0.1) is 0 Å². The minimum atomic E-state index is -3.56. The van der Waals surface area contributed by atoms with Crippen LogP contribution in [0.1, 0.15) is 16.8 Å². The maximum absolute atomic E-state index is 11.6. The summed E-state index contributed by atoms with van der Waals surface area (Å²) in [5.41, 5.74) is 0.115. The van der Waals surface area contributed by atoms with E-state index in [1.54, 1.807) is 0 Å². The molecular formula is C11H14ClN3O5S. The van der Waals surface area contributed by atoms with E-state index in [1.807, 2.05) is 0 Å². The van der Waals surface area contributed by atoms with E-state index in [1.165, 1.54) is 18.2 Å². The number of amides is 2. The number of hydrogen-bond donors (Lipinski definition) is 4. The first-order valence-electron chi connectivity index (χ1n) is 5.77. The maximum atomic E-state index is 11.6. The number of carbonyl (C=O) groups excluding carboxylic acids is 1. The van der Waals surface area contributed by atoms with E-state index >= 15 is 0 Å². The Morgan fingerprint density at radius 2 is 2.00 bits per heavy atom. The van der Waals surface area contributed by atoms with Crippen molar-refractivity contribution in [1.29, 1.82) is 0 Å². The van der Waals surface area contributed by atoms with Crippen LogP contribution in [0, 0.1) is 0 Å². The molecule has 2 amide bonds. The lowest BCUT2D eigenvalue weighted by atomic mass is 10.2. The Hall–Kier alpha value is -1.84. The molecule has 10 heteroatoms. The van der Waals surface area contributed by atoms with Crippen LogP contribution >= 0.6 is 11.6 Å². The summed E-state index contributed by atoms with van der Waals surface area (Å²) in [4.78, 5) is 22.4.